The molecule has 0 saturated heterocycles. The Hall–Kier alpha value is -4.52. The van der Waals surface area contributed by atoms with Gasteiger partial charge in [-0.15, -0.1) is 0 Å². The number of hydrogen-bond acceptors (Lipinski definition) is 4. The Morgan fingerprint density at radius 2 is 1.36 bits per heavy atom. The maximum Gasteiger partial charge on any atom is 0.295 e. The molecule has 1 heterocycles. The van der Waals surface area contributed by atoms with Gasteiger partial charge < -0.3 is 4.42 Å². The van der Waals surface area contributed by atoms with Crippen LogP contribution in [0.25, 0.3) is 55.7 Å². The summed E-state index contributed by atoms with van der Waals surface area (Å²) in [5, 5.41) is 1.56. The van der Waals surface area contributed by atoms with Crippen LogP contribution < -0.4 is 5.36 Å². The lowest BCUT2D eigenvalue weighted by atomic mass is 9.88. The number of rotatable bonds is 7. The third-order valence-corrected chi connectivity index (χ3v) is 8.43. The summed E-state index contributed by atoms with van der Waals surface area (Å²) in [6.07, 6.45) is 1.81. The van der Waals surface area contributed by atoms with Crippen LogP contribution in [-0.2, 0) is 16.5 Å². The maximum atomic E-state index is 12.7. The molecule has 0 bridgehead atoms. The molecule has 0 saturated carbocycles. The van der Waals surface area contributed by atoms with Crippen molar-refractivity contribution in [2.75, 3.05) is 6.54 Å². The Balaban J connectivity index is 1.82. The second-order valence-corrected chi connectivity index (χ2v) is 11.7. The molecule has 4 aromatic rings. The van der Waals surface area contributed by atoms with Crippen LogP contribution >= 0.6 is 0 Å². The molecule has 0 amide bonds. The van der Waals surface area contributed by atoms with Gasteiger partial charge in [-0.1, -0.05) is 92.2 Å². The maximum absolute atomic E-state index is 12.7. The molecule has 0 spiro atoms. The largest absolute Gasteiger partial charge is 0.456 e. The molecule has 1 aliphatic heterocycles. The molecule has 6 rings (SSSR count). The molecule has 42 heavy (non-hydrogen) atoms. The highest BCUT2D eigenvalue weighted by atomic mass is 32.2. The minimum atomic E-state index is -4.53. The van der Waals surface area contributed by atoms with E-state index >= 15 is 0 Å². The van der Waals surface area contributed by atoms with Gasteiger partial charge in [-0.3, -0.25) is 9.55 Å². The average Bonchev–Trinajstić information content (AvgIpc) is 3.00. The normalized spacial score (nSPS) is 12.3. The second kappa shape index (κ2) is 11.4. The average molecular weight is 574 g/mol. The van der Waals surface area contributed by atoms with E-state index in [-0.39, 0.29) is 4.90 Å². The fourth-order valence-corrected chi connectivity index (χ4v) is 6.41. The van der Waals surface area contributed by atoms with Gasteiger partial charge in [0.2, 0.25) is 0 Å². The van der Waals surface area contributed by atoms with Crippen LogP contribution in [0.15, 0.2) is 123 Å². The van der Waals surface area contributed by atoms with Gasteiger partial charge in [-0.25, -0.2) is 0 Å². The Morgan fingerprint density at radius 3 is 2.00 bits per heavy atom. The van der Waals surface area contributed by atoms with Crippen LogP contribution in [0.2, 0.25) is 0 Å². The highest BCUT2D eigenvalue weighted by Gasteiger charge is 2.25. The third-order valence-electron chi connectivity index (χ3n) is 7.51. The predicted molar refractivity (Wildman–Crippen MR) is 169 cm³/mol. The van der Waals surface area contributed by atoms with Gasteiger partial charge in [0.15, 0.2) is 0 Å². The second-order valence-electron chi connectivity index (χ2n) is 10.3. The van der Waals surface area contributed by atoms with E-state index in [0.717, 1.165) is 57.0 Å². The third kappa shape index (κ3) is 5.15. The van der Waals surface area contributed by atoms with Crippen LogP contribution in [-0.4, -0.2) is 19.5 Å². The molecule has 0 atom stereocenters. The predicted octanol–water partition coefficient (Wildman–Crippen LogP) is 8.66. The van der Waals surface area contributed by atoms with Crippen molar-refractivity contribution in [1.29, 1.82) is 0 Å². The minimum absolute atomic E-state index is 0.152. The summed E-state index contributed by atoms with van der Waals surface area (Å²) in [5.74, 6) is 0.587. The van der Waals surface area contributed by atoms with Crippen molar-refractivity contribution >= 4 is 21.1 Å². The highest BCUT2D eigenvalue weighted by molar-refractivity contribution is 7.86. The zero-order chi connectivity index (χ0) is 29.3. The van der Waals surface area contributed by atoms with E-state index in [1.807, 2.05) is 67.6 Å². The summed E-state index contributed by atoms with van der Waals surface area (Å²) in [6.45, 7) is 4.73. The first kappa shape index (κ1) is 27.6. The molecule has 0 unspecified atom stereocenters. The number of fused-ring (bicyclic) bond motifs is 2. The lowest BCUT2D eigenvalue weighted by Crippen LogP contribution is -2.09. The van der Waals surface area contributed by atoms with Crippen molar-refractivity contribution in [3.63, 3.8) is 0 Å². The van der Waals surface area contributed by atoms with Crippen molar-refractivity contribution in [2.45, 2.75) is 31.6 Å². The molecule has 4 aromatic carbocycles. The van der Waals surface area contributed by atoms with E-state index in [2.05, 4.69) is 31.2 Å². The molecule has 0 radical (unpaired) electrons. The monoisotopic (exact) mass is 573 g/mol. The fraction of sp³-hybridized carbons (Fsp3) is 0.139. The van der Waals surface area contributed by atoms with Gasteiger partial charge in [0.25, 0.3) is 10.1 Å². The molecule has 0 aromatic heterocycles. The van der Waals surface area contributed by atoms with Crippen molar-refractivity contribution in [3.8, 4) is 44.7 Å². The molecule has 1 N–H and O–H groups in total. The Morgan fingerprint density at radius 1 is 0.714 bits per heavy atom. The standard InChI is InChI=1S/C36H31NO4S/c1-3-13-26-20-33-30(21-28(26)24-14-7-5-8-15-24)36(27-18-11-12-19-35(27)42(38,39)40)31-22-29(25-16-9-6-10-17-25)32(37-4-2)23-34(31)41-33/h5-12,14-23H,3-4,13H2,1-2H3,(H,38,39,40). The van der Waals surface area contributed by atoms with E-state index in [0.29, 0.717) is 29.0 Å². The van der Waals surface area contributed by atoms with Crippen LogP contribution in [0.1, 0.15) is 25.8 Å². The molecule has 210 valence electrons. The van der Waals surface area contributed by atoms with Crippen molar-refractivity contribution in [2.24, 2.45) is 4.99 Å². The van der Waals surface area contributed by atoms with Crippen LogP contribution in [0.5, 0.6) is 0 Å². The topological polar surface area (TPSA) is 79.9 Å². The van der Waals surface area contributed by atoms with Crippen LogP contribution in [0.3, 0.4) is 0 Å². The van der Waals surface area contributed by atoms with E-state index < -0.39 is 10.1 Å². The number of hydrogen-bond donors (Lipinski definition) is 1. The molecular formula is C36H31NO4S. The highest BCUT2D eigenvalue weighted by Crippen LogP contribution is 2.45. The van der Waals surface area contributed by atoms with Gasteiger partial charge >= 0.3 is 0 Å². The number of aryl methyl sites for hydroxylation is 1. The summed E-state index contributed by atoms with van der Waals surface area (Å²) in [7, 11) is -4.53. The van der Waals surface area contributed by atoms with Gasteiger partial charge in [-0.2, -0.15) is 8.42 Å². The smallest absolute Gasteiger partial charge is 0.295 e. The van der Waals surface area contributed by atoms with Crippen molar-refractivity contribution in [3.05, 3.63) is 120 Å². The molecule has 5 nitrogen and oxygen atoms in total. The lowest BCUT2D eigenvalue weighted by molar-refractivity contribution is 0.483. The van der Waals surface area contributed by atoms with Gasteiger partial charge in [0.1, 0.15) is 16.2 Å². The summed E-state index contributed by atoms with van der Waals surface area (Å²) in [4.78, 5) is 4.63. The first-order valence-corrected chi connectivity index (χ1v) is 15.6. The zero-order valence-corrected chi connectivity index (χ0v) is 24.4. The van der Waals surface area contributed by atoms with E-state index in [4.69, 9.17) is 9.41 Å². The van der Waals surface area contributed by atoms with Gasteiger partial charge in [0, 0.05) is 40.3 Å². The Bertz CT molecular complexity index is 2050. The Labute approximate surface area is 245 Å². The minimum Gasteiger partial charge on any atom is -0.456 e. The van der Waals surface area contributed by atoms with Crippen molar-refractivity contribution < 1.29 is 17.4 Å². The first-order chi connectivity index (χ1) is 20.4. The van der Waals surface area contributed by atoms with E-state index in [1.54, 1.807) is 18.2 Å². The van der Waals surface area contributed by atoms with Crippen LogP contribution in [0, 0.1) is 0 Å². The summed E-state index contributed by atoms with van der Waals surface area (Å²) in [6, 6.07) is 34.9. The van der Waals surface area contributed by atoms with Crippen LogP contribution in [0.4, 0.5) is 0 Å². The molecular weight excluding hydrogens is 542 g/mol. The van der Waals surface area contributed by atoms with E-state index in [1.165, 1.54) is 6.07 Å². The van der Waals surface area contributed by atoms with E-state index in [9.17, 15) is 13.0 Å². The van der Waals surface area contributed by atoms with Crippen molar-refractivity contribution in [1.82, 2.24) is 0 Å². The summed E-state index contributed by atoms with van der Waals surface area (Å²) in [5.41, 5.74) is 7.64. The quantitative estimate of drug-likeness (QED) is 0.153. The summed E-state index contributed by atoms with van der Waals surface area (Å²) >= 11 is 0. The van der Waals surface area contributed by atoms with Gasteiger partial charge in [0.05, 0.1) is 5.36 Å². The summed E-state index contributed by atoms with van der Waals surface area (Å²) < 4.78 is 42.3. The molecule has 0 fully saturated rings. The van der Waals surface area contributed by atoms with Gasteiger partial charge in [-0.05, 0) is 59.9 Å². The Kier molecular flexibility index (Phi) is 7.50. The lowest BCUT2D eigenvalue weighted by Gasteiger charge is -2.20. The SMILES string of the molecule is CCCc1cc2oc3cc(=NCC)c(-c4ccccc4)cc-3c(-c3ccccc3S(=O)(=O)O)c2cc1-c1ccccc1. The number of benzene rings is 5. The first-order valence-electron chi connectivity index (χ1n) is 14.1. The molecule has 6 heteroatoms. The zero-order valence-electron chi connectivity index (χ0n) is 23.5. The molecule has 2 aliphatic rings. The number of nitrogens with zero attached hydrogens (tertiary/aromatic N) is 1. The molecule has 1 aliphatic carbocycles. The fourth-order valence-electron chi connectivity index (χ4n) is 5.72.